The van der Waals surface area contributed by atoms with Gasteiger partial charge in [-0.3, -0.25) is 9.78 Å². The Morgan fingerprint density at radius 1 is 0.947 bits per heavy atom. The molecule has 0 spiro atoms. The standard InChI is InChI=1S/C17H13NO/c1-12(19)13-4-5-15-10-16(7-6-14(15)9-13)17-3-2-8-18-11-17/h2-11H,1H3. The van der Waals surface area contributed by atoms with Crippen molar-refractivity contribution in [2.45, 2.75) is 6.92 Å². The summed E-state index contributed by atoms with van der Waals surface area (Å²) in [6, 6.07) is 16.0. The molecule has 0 saturated heterocycles. The van der Waals surface area contributed by atoms with Gasteiger partial charge in [-0.05, 0) is 41.5 Å². The first kappa shape index (κ1) is 11.6. The number of fused-ring (bicyclic) bond motifs is 1. The lowest BCUT2D eigenvalue weighted by atomic mass is 10.00. The monoisotopic (exact) mass is 247 g/mol. The van der Waals surface area contributed by atoms with Crippen LogP contribution in [0.2, 0.25) is 0 Å². The van der Waals surface area contributed by atoms with Gasteiger partial charge in [0.05, 0.1) is 0 Å². The number of nitrogens with zero attached hydrogens (tertiary/aromatic N) is 1. The van der Waals surface area contributed by atoms with E-state index in [1.54, 1.807) is 13.1 Å². The zero-order chi connectivity index (χ0) is 13.2. The van der Waals surface area contributed by atoms with Crippen molar-refractivity contribution >= 4 is 16.6 Å². The molecular formula is C17H13NO. The van der Waals surface area contributed by atoms with Gasteiger partial charge in [0.2, 0.25) is 0 Å². The second kappa shape index (κ2) is 4.65. The Kier molecular flexibility index (Phi) is 2.84. The molecule has 0 aliphatic carbocycles. The van der Waals surface area contributed by atoms with E-state index in [1.807, 2.05) is 42.6 Å². The molecule has 0 unspecified atom stereocenters. The van der Waals surface area contributed by atoms with E-state index in [9.17, 15) is 4.79 Å². The fourth-order valence-corrected chi connectivity index (χ4v) is 2.18. The molecule has 0 amide bonds. The minimum absolute atomic E-state index is 0.0956. The highest BCUT2D eigenvalue weighted by atomic mass is 16.1. The van der Waals surface area contributed by atoms with Crippen LogP contribution in [0.1, 0.15) is 17.3 Å². The highest BCUT2D eigenvalue weighted by molar-refractivity contribution is 5.99. The van der Waals surface area contributed by atoms with Gasteiger partial charge in [0, 0.05) is 23.5 Å². The van der Waals surface area contributed by atoms with Crippen molar-refractivity contribution in [3.8, 4) is 11.1 Å². The molecule has 19 heavy (non-hydrogen) atoms. The zero-order valence-electron chi connectivity index (χ0n) is 10.6. The topological polar surface area (TPSA) is 30.0 Å². The van der Waals surface area contributed by atoms with Gasteiger partial charge >= 0.3 is 0 Å². The van der Waals surface area contributed by atoms with Crippen molar-refractivity contribution in [1.82, 2.24) is 4.98 Å². The number of aromatic nitrogens is 1. The molecule has 1 heterocycles. The van der Waals surface area contributed by atoms with Gasteiger partial charge in [0.1, 0.15) is 0 Å². The Morgan fingerprint density at radius 3 is 2.47 bits per heavy atom. The number of pyridine rings is 1. The first-order chi connectivity index (χ1) is 9.24. The third-order valence-corrected chi connectivity index (χ3v) is 3.24. The van der Waals surface area contributed by atoms with E-state index < -0.39 is 0 Å². The Labute approximate surface area is 111 Å². The highest BCUT2D eigenvalue weighted by Gasteiger charge is 2.03. The van der Waals surface area contributed by atoms with E-state index in [2.05, 4.69) is 17.1 Å². The molecule has 3 aromatic rings. The fourth-order valence-electron chi connectivity index (χ4n) is 2.18. The predicted octanol–water partition coefficient (Wildman–Crippen LogP) is 4.10. The van der Waals surface area contributed by atoms with Crippen LogP contribution in [0.5, 0.6) is 0 Å². The molecule has 2 nitrogen and oxygen atoms in total. The summed E-state index contributed by atoms with van der Waals surface area (Å²) in [6.07, 6.45) is 3.62. The summed E-state index contributed by atoms with van der Waals surface area (Å²) in [5.41, 5.74) is 2.98. The van der Waals surface area contributed by atoms with Crippen LogP contribution in [0.3, 0.4) is 0 Å². The van der Waals surface area contributed by atoms with E-state index in [0.717, 1.165) is 27.5 Å². The average Bonchev–Trinajstić information content (AvgIpc) is 2.47. The number of hydrogen-bond acceptors (Lipinski definition) is 2. The molecular weight excluding hydrogens is 234 g/mol. The molecule has 0 saturated carbocycles. The highest BCUT2D eigenvalue weighted by Crippen LogP contribution is 2.24. The van der Waals surface area contributed by atoms with Crippen molar-refractivity contribution in [3.05, 3.63) is 66.5 Å². The van der Waals surface area contributed by atoms with Gasteiger partial charge in [-0.25, -0.2) is 0 Å². The lowest BCUT2D eigenvalue weighted by molar-refractivity contribution is 0.101. The van der Waals surface area contributed by atoms with Crippen molar-refractivity contribution in [1.29, 1.82) is 0 Å². The molecule has 3 rings (SSSR count). The fraction of sp³-hybridized carbons (Fsp3) is 0.0588. The molecule has 0 N–H and O–H groups in total. The molecule has 0 atom stereocenters. The van der Waals surface area contributed by atoms with Gasteiger partial charge < -0.3 is 0 Å². The van der Waals surface area contributed by atoms with Gasteiger partial charge in [-0.1, -0.05) is 30.3 Å². The summed E-state index contributed by atoms with van der Waals surface area (Å²) in [6.45, 7) is 1.59. The summed E-state index contributed by atoms with van der Waals surface area (Å²) < 4.78 is 0. The largest absolute Gasteiger partial charge is 0.295 e. The van der Waals surface area contributed by atoms with E-state index in [0.29, 0.717) is 0 Å². The third-order valence-electron chi connectivity index (χ3n) is 3.24. The summed E-state index contributed by atoms with van der Waals surface area (Å²) in [5.74, 6) is 0.0956. The Bertz CT molecular complexity index is 748. The van der Waals surface area contributed by atoms with Crippen molar-refractivity contribution < 1.29 is 4.79 Å². The Morgan fingerprint density at radius 2 is 1.74 bits per heavy atom. The quantitative estimate of drug-likeness (QED) is 0.638. The van der Waals surface area contributed by atoms with E-state index in [4.69, 9.17) is 0 Å². The minimum atomic E-state index is 0.0956. The average molecular weight is 247 g/mol. The van der Waals surface area contributed by atoms with Gasteiger partial charge in [-0.2, -0.15) is 0 Å². The molecule has 2 aromatic carbocycles. The Balaban J connectivity index is 2.12. The van der Waals surface area contributed by atoms with Crippen LogP contribution in [0.15, 0.2) is 60.9 Å². The number of hydrogen-bond donors (Lipinski definition) is 0. The smallest absolute Gasteiger partial charge is 0.159 e. The first-order valence-corrected chi connectivity index (χ1v) is 6.19. The molecule has 1 aromatic heterocycles. The number of ketones is 1. The van der Waals surface area contributed by atoms with Gasteiger partial charge in [0.15, 0.2) is 5.78 Å². The van der Waals surface area contributed by atoms with Crippen molar-refractivity contribution in [3.63, 3.8) is 0 Å². The second-order valence-electron chi connectivity index (χ2n) is 4.57. The first-order valence-electron chi connectivity index (χ1n) is 6.19. The molecule has 92 valence electrons. The molecule has 0 aliphatic heterocycles. The number of rotatable bonds is 2. The lowest BCUT2D eigenvalue weighted by Crippen LogP contribution is -1.91. The van der Waals surface area contributed by atoms with Crippen LogP contribution in [0.4, 0.5) is 0 Å². The number of benzene rings is 2. The maximum atomic E-state index is 11.4. The van der Waals surface area contributed by atoms with E-state index in [1.165, 1.54) is 0 Å². The van der Waals surface area contributed by atoms with Crippen LogP contribution < -0.4 is 0 Å². The minimum Gasteiger partial charge on any atom is -0.295 e. The summed E-state index contributed by atoms with van der Waals surface area (Å²) in [7, 11) is 0. The van der Waals surface area contributed by atoms with Gasteiger partial charge in [-0.15, -0.1) is 0 Å². The number of carbonyl (C=O) groups is 1. The number of carbonyl (C=O) groups excluding carboxylic acids is 1. The molecule has 2 heteroatoms. The lowest BCUT2D eigenvalue weighted by Gasteiger charge is -2.05. The van der Waals surface area contributed by atoms with E-state index in [-0.39, 0.29) is 5.78 Å². The van der Waals surface area contributed by atoms with Crippen LogP contribution in [0, 0.1) is 0 Å². The number of Topliss-reactive ketones (excluding diaryl/α,β-unsaturated/α-hetero) is 1. The maximum absolute atomic E-state index is 11.4. The molecule has 0 aliphatic rings. The molecule has 0 fully saturated rings. The van der Waals surface area contributed by atoms with Crippen LogP contribution in [-0.2, 0) is 0 Å². The van der Waals surface area contributed by atoms with Crippen molar-refractivity contribution in [2.24, 2.45) is 0 Å². The van der Waals surface area contributed by atoms with Crippen LogP contribution >= 0.6 is 0 Å². The molecule has 0 bridgehead atoms. The third kappa shape index (κ3) is 2.25. The van der Waals surface area contributed by atoms with E-state index >= 15 is 0 Å². The SMILES string of the molecule is CC(=O)c1ccc2cc(-c3cccnc3)ccc2c1. The Hall–Kier alpha value is -2.48. The second-order valence-corrected chi connectivity index (χ2v) is 4.57. The van der Waals surface area contributed by atoms with Crippen LogP contribution in [-0.4, -0.2) is 10.8 Å². The van der Waals surface area contributed by atoms with Gasteiger partial charge in [0.25, 0.3) is 0 Å². The predicted molar refractivity (Wildman–Crippen MR) is 77.2 cm³/mol. The summed E-state index contributed by atoms with van der Waals surface area (Å²) in [5, 5.41) is 2.21. The normalized spacial score (nSPS) is 10.6. The molecule has 0 radical (unpaired) electrons. The maximum Gasteiger partial charge on any atom is 0.159 e. The van der Waals surface area contributed by atoms with Crippen molar-refractivity contribution in [2.75, 3.05) is 0 Å². The summed E-state index contributed by atoms with van der Waals surface area (Å²) in [4.78, 5) is 15.5. The summed E-state index contributed by atoms with van der Waals surface area (Å²) >= 11 is 0. The zero-order valence-corrected chi connectivity index (χ0v) is 10.6. The van der Waals surface area contributed by atoms with Crippen LogP contribution in [0.25, 0.3) is 21.9 Å².